The quantitative estimate of drug-likeness (QED) is 0.709. The maximum Gasteiger partial charge on any atom is 0.329 e. The van der Waals surface area contributed by atoms with Crippen LogP contribution in [0, 0.1) is 11.7 Å². The smallest absolute Gasteiger partial charge is 0.329 e. The molecular weight excluding hydrogens is 371 g/mol. The molecule has 2 amide bonds. The van der Waals surface area contributed by atoms with Crippen molar-refractivity contribution in [2.45, 2.75) is 32.9 Å². The lowest BCUT2D eigenvalue weighted by atomic mass is 10.0. The Balaban J connectivity index is 1.95. The van der Waals surface area contributed by atoms with Crippen LogP contribution in [0.5, 0.6) is 0 Å². The predicted octanol–water partition coefficient (Wildman–Crippen LogP) is 3.21. The summed E-state index contributed by atoms with van der Waals surface area (Å²) in [4.78, 5) is 37.3. The molecule has 27 heavy (non-hydrogen) atoms. The van der Waals surface area contributed by atoms with Gasteiger partial charge in [-0.25, -0.2) is 9.18 Å². The highest BCUT2D eigenvalue weighted by Gasteiger charge is 2.29. The van der Waals surface area contributed by atoms with Gasteiger partial charge in [0.2, 0.25) is 0 Å². The molecule has 0 radical (unpaired) electrons. The number of carbonyl (C=O) groups is 3. The molecule has 0 unspecified atom stereocenters. The minimum absolute atomic E-state index is 0.228. The number of amides is 2. The second-order valence-corrected chi connectivity index (χ2v) is 7.20. The second kappa shape index (κ2) is 9.27. The molecule has 0 aliphatic carbocycles. The number of nitrogens with one attached hydrogen (secondary N) is 2. The molecule has 2 N–H and O–H groups in total. The van der Waals surface area contributed by atoms with Crippen LogP contribution in [-0.4, -0.2) is 29.9 Å². The molecule has 0 bridgehead atoms. The van der Waals surface area contributed by atoms with Crippen molar-refractivity contribution in [1.82, 2.24) is 5.32 Å². The molecular formula is C19H21FN2O4S. The third-order valence-corrected chi connectivity index (χ3v) is 4.59. The van der Waals surface area contributed by atoms with Crippen molar-refractivity contribution in [1.29, 1.82) is 0 Å². The summed E-state index contributed by atoms with van der Waals surface area (Å²) in [5.74, 6) is -2.27. The van der Waals surface area contributed by atoms with E-state index in [1.807, 2.05) is 0 Å². The van der Waals surface area contributed by atoms with Gasteiger partial charge in [0, 0.05) is 5.69 Å². The largest absolute Gasteiger partial charge is 0.451 e. The van der Waals surface area contributed by atoms with E-state index in [9.17, 15) is 18.8 Å². The number of halogens is 1. The van der Waals surface area contributed by atoms with Crippen LogP contribution in [0.3, 0.4) is 0 Å². The van der Waals surface area contributed by atoms with Gasteiger partial charge in [-0.2, -0.15) is 0 Å². The summed E-state index contributed by atoms with van der Waals surface area (Å²) >= 11 is 1.26. The van der Waals surface area contributed by atoms with Crippen LogP contribution >= 0.6 is 11.3 Å². The molecule has 0 saturated heterocycles. The van der Waals surface area contributed by atoms with E-state index >= 15 is 0 Å². The lowest BCUT2D eigenvalue weighted by Gasteiger charge is -2.22. The fourth-order valence-corrected chi connectivity index (χ4v) is 2.82. The monoisotopic (exact) mass is 392 g/mol. The van der Waals surface area contributed by atoms with Gasteiger partial charge in [-0.15, -0.1) is 11.3 Å². The molecule has 1 aromatic heterocycles. The molecule has 2 aromatic rings. The normalized spacial score (nSPS) is 12.9. The Bertz CT molecular complexity index is 791. The summed E-state index contributed by atoms with van der Waals surface area (Å²) < 4.78 is 18.1. The van der Waals surface area contributed by atoms with E-state index in [0.29, 0.717) is 10.6 Å². The molecule has 0 aliphatic heterocycles. The lowest BCUT2D eigenvalue weighted by molar-refractivity contribution is -0.156. The predicted molar refractivity (Wildman–Crippen MR) is 101 cm³/mol. The van der Waals surface area contributed by atoms with Gasteiger partial charge >= 0.3 is 5.97 Å². The number of carbonyl (C=O) groups excluding carboxylic acids is 3. The van der Waals surface area contributed by atoms with Crippen LogP contribution in [0.4, 0.5) is 10.1 Å². The number of thiophene rings is 1. The first-order valence-electron chi connectivity index (χ1n) is 8.39. The van der Waals surface area contributed by atoms with E-state index in [-0.39, 0.29) is 11.8 Å². The average Bonchev–Trinajstić information content (AvgIpc) is 3.15. The highest BCUT2D eigenvalue weighted by molar-refractivity contribution is 7.12. The molecule has 6 nitrogen and oxygen atoms in total. The SMILES string of the molecule is CC(C)[C@H](NC(=O)c1cccs1)C(=O)O[C@@H](C)C(=O)Nc1ccc(F)cc1. The van der Waals surface area contributed by atoms with Gasteiger partial charge < -0.3 is 15.4 Å². The van der Waals surface area contributed by atoms with Crippen molar-refractivity contribution in [3.05, 3.63) is 52.5 Å². The van der Waals surface area contributed by atoms with E-state index in [0.717, 1.165) is 0 Å². The summed E-state index contributed by atoms with van der Waals surface area (Å²) in [7, 11) is 0. The topological polar surface area (TPSA) is 84.5 Å². The van der Waals surface area contributed by atoms with Crippen molar-refractivity contribution in [2.75, 3.05) is 5.32 Å². The van der Waals surface area contributed by atoms with Crippen LogP contribution in [0.15, 0.2) is 41.8 Å². The van der Waals surface area contributed by atoms with E-state index in [2.05, 4.69) is 10.6 Å². The Hall–Kier alpha value is -2.74. The van der Waals surface area contributed by atoms with Gasteiger partial charge in [0.05, 0.1) is 4.88 Å². The summed E-state index contributed by atoms with van der Waals surface area (Å²) in [6.07, 6.45) is -1.08. The third kappa shape index (κ3) is 5.89. The zero-order chi connectivity index (χ0) is 20.0. The second-order valence-electron chi connectivity index (χ2n) is 6.25. The minimum Gasteiger partial charge on any atom is -0.451 e. The number of hydrogen-bond donors (Lipinski definition) is 2. The highest BCUT2D eigenvalue weighted by atomic mass is 32.1. The van der Waals surface area contributed by atoms with Gasteiger partial charge in [-0.05, 0) is 48.6 Å². The Kier molecular flexibility index (Phi) is 7.06. The molecule has 2 rings (SSSR count). The molecule has 8 heteroatoms. The molecule has 1 aromatic carbocycles. The summed E-state index contributed by atoms with van der Waals surface area (Å²) in [6, 6.07) is 7.73. The fraction of sp³-hybridized carbons (Fsp3) is 0.316. The lowest BCUT2D eigenvalue weighted by Crippen LogP contribution is -2.47. The van der Waals surface area contributed by atoms with E-state index in [1.165, 1.54) is 42.5 Å². The van der Waals surface area contributed by atoms with Gasteiger partial charge in [0.25, 0.3) is 11.8 Å². The summed E-state index contributed by atoms with van der Waals surface area (Å²) in [5, 5.41) is 6.94. The Labute approximate surface area is 160 Å². The molecule has 0 fully saturated rings. The third-order valence-electron chi connectivity index (χ3n) is 3.73. The van der Waals surface area contributed by atoms with Gasteiger partial charge in [-0.1, -0.05) is 19.9 Å². The van der Waals surface area contributed by atoms with E-state index in [4.69, 9.17) is 4.74 Å². The molecule has 1 heterocycles. The maximum absolute atomic E-state index is 12.9. The van der Waals surface area contributed by atoms with Crippen molar-refractivity contribution < 1.29 is 23.5 Å². The number of ether oxygens (including phenoxy) is 1. The van der Waals surface area contributed by atoms with Gasteiger partial charge in [-0.3, -0.25) is 9.59 Å². The Morgan fingerprint density at radius 2 is 1.74 bits per heavy atom. The molecule has 144 valence electrons. The van der Waals surface area contributed by atoms with Crippen molar-refractivity contribution in [2.24, 2.45) is 5.92 Å². The average molecular weight is 392 g/mol. The Morgan fingerprint density at radius 3 is 2.30 bits per heavy atom. The zero-order valence-electron chi connectivity index (χ0n) is 15.2. The van der Waals surface area contributed by atoms with Gasteiger partial charge in [0.1, 0.15) is 11.9 Å². The first-order chi connectivity index (χ1) is 12.8. The van der Waals surface area contributed by atoms with Crippen LogP contribution in [0.1, 0.15) is 30.4 Å². The molecule has 0 spiro atoms. The number of hydrogen-bond acceptors (Lipinski definition) is 5. The fourth-order valence-electron chi connectivity index (χ4n) is 2.20. The number of rotatable bonds is 7. The van der Waals surface area contributed by atoms with Crippen LogP contribution in [-0.2, 0) is 14.3 Å². The molecule has 0 saturated carbocycles. The summed E-state index contributed by atoms with van der Waals surface area (Å²) in [5.41, 5.74) is 0.385. The summed E-state index contributed by atoms with van der Waals surface area (Å²) in [6.45, 7) is 4.96. The van der Waals surface area contributed by atoms with E-state index in [1.54, 1.807) is 31.4 Å². The highest BCUT2D eigenvalue weighted by Crippen LogP contribution is 2.13. The van der Waals surface area contributed by atoms with Crippen LogP contribution in [0.2, 0.25) is 0 Å². The number of esters is 1. The zero-order valence-corrected chi connectivity index (χ0v) is 16.0. The van der Waals surface area contributed by atoms with Crippen LogP contribution in [0.25, 0.3) is 0 Å². The first kappa shape index (κ1) is 20.6. The van der Waals surface area contributed by atoms with Crippen LogP contribution < -0.4 is 10.6 Å². The maximum atomic E-state index is 12.9. The molecule has 2 atom stereocenters. The number of benzene rings is 1. The number of anilines is 1. The van der Waals surface area contributed by atoms with Crippen molar-refractivity contribution in [3.63, 3.8) is 0 Å². The van der Waals surface area contributed by atoms with Crippen molar-refractivity contribution >= 4 is 34.8 Å². The first-order valence-corrected chi connectivity index (χ1v) is 9.27. The van der Waals surface area contributed by atoms with Crippen molar-refractivity contribution in [3.8, 4) is 0 Å². The Morgan fingerprint density at radius 1 is 1.07 bits per heavy atom. The minimum atomic E-state index is -1.08. The standard InChI is InChI=1S/C19H21FN2O4S/c1-11(2)16(22-18(24)15-5-4-10-27-15)19(25)26-12(3)17(23)21-14-8-6-13(20)7-9-14/h4-12,16H,1-3H3,(H,21,23)(H,22,24)/t12-,16-/m0/s1. The molecule has 0 aliphatic rings. The van der Waals surface area contributed by atoms with Gasteiger partial charge in [0.15, 0.2) is 6.10 Å². The van der Waals surface area contributed by atoms with E-state index < -0.39 is 29.8 Å².